The molecule has 0 atom stereocenters. The summed E-state index contributed by atoms with van der Waals surface area (Å²) in [4.78, 5) is 29.9. The van der Waals surface area contributed by atoms with Crippen LogP contribution in [0.5, 0.6) is 23.0 Å². The topological polar surface area (TPSA) is 255 Å². The highest BCUT2D eigenvalue weighted by atomic mass is 32.2. The standard InChI is InChI=1S/C34H39F3N8O6S.C30H35F3N6O3/c1-2-49-32-31(41-52(46,47)42-32)45-18-23(19-45)20-48-16-15-43-11-13-44(14-12-43)30-28-9-5-24-17-26(8-10-27(24)29(28)39-33(38)40-30)50-21-22-3-6-25(7-4-22)51-34(35,36)37;31-30(32,33)42-23-4-1-20(2-5-23)19-41-24-6-8-25-22(15-24)3-7-26-27(25)36-29(34)37-28(26)39-11-9-38(10-12-39)13-14-40-18-21-16-35-17-21/h3-4,6-8,10,17,23H,2,5,9,11-16,18-21H2,1H3,(H2,38,39,40);1-2,4-6,8,15,21,35H,3,7,9-14,16-19H2,(H2,34,36,37). The number of benzene rings is 4. The Labute approximate surface area is 540 Å². The SMILES string of the molecule is CCOC1=NS(=O)(=O)N=C1N1CC(COCCN2CCN(c3nc(N)nc4c3CCc3cc(OCc5ccc(OC(F)(F)F)cc5)ccc3-4)CC2)C1.Nc1nc2c(c(N3CCN(CCOCC4CNC4)CC3)n1)CCc1cc(OCc3ccc(OC(F)(F)F)cc3)ccc1-2. The third-order valence-corrected chi connectivity index (χ3v) is 18.0. The summed E-state index contributed by atoms with van der Waals surface area (Å²) in [5.74, 6) is 4.34. The second-order valence-electron chi connectivity index (χ2n) is 23.9. The number of amidine groups is 1. The molecular weight excluding hydrogens is 1250 g/mol. The van der Waals surface area contributed by atoms with Gasteiger partial charge in [0.1, 0.15) is 47.8 Å². The molecule has 4 fully saturated rings. The number of nitrogens with one attached hydrogen (secondary N) is 1. The fourth-order valence-electron chi connectivity index (χ4n) is 12.3. The quantitative estimate of drug-likeness (QED) is 0.0479. The Morgan fingerprint density at radius 2 is 0.989 bits per heavy atom. The first-order valence-electron chi connectivity index (χ1n) is 31.4. The molecule has 30 heteroatoms. The van der Waals surface area contributed by atoms with E-state index in [0.717, 1.165) is 179 Å². The van der Waals surface area contributed by atoms with E-state index in [0.29, 0.717) is 55.9 Å². The van der Waals surface area contributed by atoms with Crippen molar-refractivity contribution in [3.05, 3.63) is 118 Å². The van der Waals surface area contributed by atoms with E-state index in [4.69, 9.17) is 35.2 Å². The fourth-order valence-corrected chi connectivity index (χ4v) is 13.1. The van der Waals surface area contributed by atoms with Crippen LogP contribution in [0.4, 0.5) is 49.9 Å². The number of halogens is 6. The average Bonchev–Trinajstić information content (AvgIpc) is 0.808. The lowest BCUT2D eigenvalue weighted by atomic mass is 9.88. The van der Waals surface area contributed by atoms with Gasteiger partial charge in [-0.15, -0.1) is 35.1 Å². The largest absolute Gasteiger partial charge is 0.573 e. The number of aryl methyl sites for hydroxylation is 2. The maximum absolute atomic E-state index is 12.5. The van der Waals surface area contributed by atoms with Gasteiger partial charge in [-0.25, -0.2) is 9.97 Å². The number of anilines is 4. The zero-order valence-electron chi connectivity index (χ0n) is 51.8. The number of nitrogens with zero attached hydrogens (tertiary/aromatic N) is 11. The molecule has 5 N–H and O–H groups in total. The summed E-state index contributed by atoms with van der Waals surface area (Å²) in [5.41, 5.74) is 22.0. The van der Waals surface area contributed by atoms with Crippen LogP contribution >= 0.6 is 0 Å². The van der Waals surface area contributed by atoms with Gasteiger partial charge in [-0.1, -0.05) is 24.3 Å². The highest BCUT2D eigenvalue weighted by Gasteiger charge is 2.38. The van der Waals surface area contributed by atoms with Crippen molar-refractivity contribution in [1.82, 2.24) is 40.0 Å². The predicted molar refractivity (Wildman–Crippen MR) is 339 cm³/mol. The van der Waals surface area contributed by atoms with Gasteiger partial charge in [0, 0.05) is 126 Å². The number of alkyl halides is 6. The van der Waals surface area contributed by atoms with Crippen molar-refractivity contribution in [2.24, 2.45) is 20.6 Å². The van der Waals surface area contributed by atoms with Crippen LogP contribution in [0, 0.1) is 11.8 Å². The van der Waals surface area contributed by atoms with Gasteiger partial charge in [0.15, 0.2) is 0 Å². The predicted octanol–water partition coefficient (Wildman–Crippen LogP) is 7.12. The van der Waals surface area contributed by atoms with E-state index in [1.165, 1.54) is 36.4 Å². The fraction of sp³-hybridized carbons (Fsp3) is 0.469. The summed E-state index contributed by atoms with van der Waals surface area (Å²) in [6.45, 7) is 17.3. The molecule has 0 radical (unpaired) electrons. The average molecular weight is 1330 g/mol. The highest BCUT2D eigenvalue weighted by molar-refractivity contribution is 7.89. The van der Waals surface area contributed by atoms with Crippen molar-refractivity contribution < 1.29 is 67.9 Å². The van der Waals surface area contributed by atoms with Crippen LogP contribution in [0.15, 0.2) is 93.7 Å². The number of hydrogen-bond donors (Lipinski definition) is 3. The van der Waals surface area contributed by atoms with E-state index in [1.54, 1.807) is 19.1 Å². The molecule has 502 valence electrons. The van der Waals surface area contributed by atoms with Crippen LogP contribution in [0.3, 0.4) is 0 Å². The van der Waals surface area contributed by atoms with Crippen LogP contribution in [0.25, 0.3) is 22.5 Å². The third-order valence-electron chi connectivity index (χ3n) is 17.2. The maximum Gasteiger partial charge on any atom is 0.573 e. The van der Waals surface area contributed by atoms with Gasteiger partial charge in [0.2, 0.25) is 17.7 Å². The lowest BCUT2D eigenvalue weighted by Crippen LogP contribution is -2.53. The van der Waals surface area contributed by atoms with Gasteiger partial charge in [-0.2, -0.15) is 18.4 Å². The smallest absolute Gasteiger partial charge is 0.489 e. The van der Waals surface area contributed by atoms with Gasteiger partial charge in [-0.05, 0) is 116 Å². The van der Waals surface area contributed by atoms with Crippen molar-refractivity contribution in [3.63, 3.8) is 0 Å². The summed E-state index contributed by atoms with van der Waals surface area (Å²) in [7, 11) is -3.87. The Bertz CT molecular complexity index is 3810. The second-order valence-corrected chi connectivity index (χ2v) is 25.1. The Morgan fingerprint density at radius 1 is 0.543 bits per heavy atom. The minimum absolute atomic E-state index is 0.0591. The molecule has 6 aromatic rings. The zero-order chi connectivity index (χ0) is 65.6. The molecule has 4 aromatic carbocycles. The maximum atomic E-state index is 12.5. The molecular formula is C64H74F6N14O9S. The minimum Gasteiger partial charge on any atom is -0.489 e. The van der Waals surface area contributed by atoms with E-state index in [-0.39, 0.29) is 54.3 Å². The highest BCUT2D eigenvalue weighted by Crippen LogP contribution is 2.41. The number of piperazine rings is 2. The third kappa shape index (κ3) is 16.8. The first-order chi connectivity index (χ1) is 45.2. The number of likely N-dealkylation sites (tertiary alicyclic amines) is 1. The van der Waals surface area contributed by atoms with Crippen LogP contribution in [-0.4, -0.2) is 192 Å². The van der Waals surface area contributed by atoms with Crippen LogP contribution in [0.2, 0.25) is 0 Å². The summed E-state index contributed by atoms with van der Waals surface area (Å²) >= 11 is 0. The van der Waals surface area contributed by atoms with E-state index in [2.05, 4.69) is 63.1 Å². The first kappa shape index (κ1) is 65.8. The lowest BCUT2D eigenvalue weighted by molar-refractivity contribution is -0.275. The van der Waals surface area contributed by atoms with Gasteiger partial charge in [0.05, 0.1) is 44.4 Å². The minimum atomic E-state index is -4.74. The Morgan fingerprint density at radius 3 is 1.41 bits per heavy atom. The molecule has 13 rings (SSSR count). The monoisotopic (exact) mass is 1330 g/mol. The number of fused-ring (bicyclic) bond motifs is 6. The molecule has 2 aliphatic carbocycles. The zero-order valence-corrected chi connectivity index (χ0v) is 52.7. The molecule has 0 bridgehead atoms. The van der Waals surface area contributed by atoms with Crippen molar-refractivity contribution in [2.75, 3.05) is 146 Å². The van der Waals surface area contributed by atoms with Gasteiger partial charge in [0.25, 0.3) is 5.90 Å². The molecule has 94 heavy (non-hydrogen) atoms. The molecule has 0 unspecified atom stereocenters. The van der Waals surface area contributed by atoms with E-state index in [9.17, 15) is 34.8 Å². The van der Waals surface area contributed by atoms with E-state index >= 15 is 0 Å². The number of aromatic nitrogens is 4. The molecule has 5 aliphatic heterocycles. The molecule has 0 saturated carbocycles. The first-order valence-corrected chi connectivity index (χ1v) is 32.8. The van der Waals surface area contributed by atoms with Crippen molar-refractivity contribution in [1.29, 1.82) is 0 Å². The number of hydrogen-bond acceptors (Lipinski definition) is 21. The van der Waals surface area contributed by atoms with Crippen molar-refractivity contribution >= 4 is 45.5 Å². The second kappa shape index (κ2) is 28.7. The molecule has 7 heterocycles. The number of nitrogens with two attached hydrogens (primary N) is 2. The normalized spacial score (nSPS) is 18.1. The lowest BCUT2D eigenvalue weighted by Gasteiger charge is -2.40. The Kier molecular flexibility index (Phi) is 20.1. The van der Waals surface area contributed by atoms with Gasteiger partial charge >= 0.3 is 22.9 Å². The summed E-state index contributed by atoms with van der Waals surface area (Å²) in [6.07, 6.45) is -6.32. The molecule has 4 saturated heterocycles. The van der Waals surface area contributed by atoms with Crippen LogP contribution in [-0.2, 0) is 63.3 Å². The van der Waals surface area contributed by atoms with Crippen LogP contribution in [0.1, 0.15) is 40.3 Å². The molecule has 0 spiro atoms. The summed E-state index contributed by atoms with van der Waals surface area (Å²) < 4.78 is 142. The van der Waals surface area contributed by atoms with Gasteiger partial charge in [-0.3, -0.25) is 9.80 Å². The van der Waals surface area contributed by atoms with Crippen molar-refractivity contribution in [3.8, 4) is 45.5 Å². The Balaban J connectivity index is 0.000000185. The number of nitrogen functional groups attached to an aromatic ring is 2. The molecule has 0 amide bonds. The molecule has 7 aliphatic rings. The molecule has 23 nitrogen and oxygen atoms in total. The number of rotatable bonds is 21. The van der Waals surface area contributed by atoms with Gasteiger partial charge < -0.3 is 64.6 Å². The molecule has 2 aromatic heterocycles. The van der Waals surface area contributed by atoms with Crippen LogP contribution < -0.4 is 45.5 Å². The Hall–Kier alpha value is -8.29. The van der Waals surface area contributed by atoms with E-state index in [1.807, 2.05) is 41.3 Å². The number of ether oxygens (including phenoxy) is 7. The van der Waals surface area contributed by atoms with E-state index < -0.39 is 22.9 Å². The van der Waals surface area contributed by atoms with Crippen molar-refractivity contribution in [2.45, 2.75) is 58.5 Å². The summed E-state index contributed by atoms with van der Waals surface area (Å²) in [5, 5.41) is 3.27. The summed E-state index contributed by atoms with van der Waals surface area (Å²) in [6, 6.07) is 23.0.